The Labute approximate surface area is 84.8 Å². The van der Waals surface area contributed by atoms with E-state index in [1.807, 2.05) is 0 Å². The van der Waals surface area contributed by atoms with Crippen molar-refractivity contribution in [2.45, 2.75) is 6.43 Å². The minimum atomic E-state index is -2.58. The fourth-order valence-electron chi connectivity index (χ4n) is 0.882. The fraction of sp³-hybridized carbons (Fsp3) is 0.333. The van der Waals surface area contributed by atoms with Crippen molar-refractivity contribution in [1.29, 1.82) is 0 Å². The quantitative estimate of drug-likeness (QED) is 0.717. The van der Waals surface area contributed by atoms with Crippen molar-refractivity contribution >= 4 is 5.97 Å². The van der Waals surface area contributed by atoms with Gasteiger partial charge in [0, 0.05) is 12.3 Å². The van der Waals surface area contributed by atoms with Crippen LogP contribution >= 0.6 is 0 Å². The van der Waals surface area contributed by atoms with E-state index in [0.717, 1.165) is 0 Å². The van der Waals surface area contributed by atoms with E-state index in [1.54, 1.807) is 0 Å². The standard InChI is InChI=1S/C9H9F2NO3/c1-14-9(13)6-2-3-12-8(4-6)15-5-7(10)11/h2-4,7H,5H2,1H3. The van der Waals surface area contributed by atoms with E-state index in [-0.39, 0.29) is 11.4 Å². The van der Waals surface area contributed by atoms with Crippen molar-refractivity contribution in [3.63, 3.8) is 0 Å². The Morgan fingerprint density at radius 3 is 2.93 bits per heavy atom. The summed E-state index contributed by atoms with van der Waals surface area (Å²) in [6, 6.07) is 2.65. The zero-order chi connectivity index (χ0) is 11.3. The Morgan fingerprint density at radius 1 is 1.60 bits per heavy atom. The Balaban J connectivity index is 2.70. The molecule has 1 aromatic heterocycles. The Kier molecular flexibility index (Phi) is 3.96. The molecule has 6 heteroatoms. The summed E-state index contributed by atoms with van der Waals surface area (Å²) < 4.78 is 32.7. The van der Waals surface area contributed by atoms with E-state index < -0.39 is 19.0 Å². The van der Waals surface area contributed by atoms with E-state index >= 15 is 0 Å². The average Bonchev–Trinajstić information content (AvgIpc) is 2.25. The maximum Gasteiger partial charge on any atom is 0.338 e. The first-order valence-electron chi connectivity index (χ1n) is 4.09. The summed E-state index contributed by atoms with van der Waals surface area (Å²) in [5.74, 6) is -0.600. The van der Waals surface area contributed by atoms with Gasteiger partial charge in [-0.25, -0.2) is 18.6 Å². The molecule has 1 heterocycles. The van der Waals surface area contributed by atoms with E-state index in [2.05, 4.69) is 14.5 Å². The number of methoxy groups -OCH3 is 1. The van der Waals surface area contributed by atoms with Gasteiger partial charge in [0.1, 0.15) is 0 Å². The Morgan fingerprint density at radius 2 is 2.33 bits per heavy atom. The van der Waals surface area contributed by atoms with Crippen LogP contribution in [0.25, 0.3) is 0 Å². The van der Waals surface area contributed by atoms with Gasteiger partial charge in [-0.1, -0.05) is 0 Å². The molecule has 0 aliphatic rings. The fourth-order valence-corrected chi connectivity index (χ4v) is 0.882. The zero-order valence-electron chi connectivity index (χ0n) is 7.94. The van der Waals surface area contributed by atoms with Gasteiger partial charge in [-0.15, -0.1) is 0 Å². The highest BCUT2D eigenvalue weighted by atomic mass is 19.3. The lowest BCUT2D eigenvalue weighted by molar-refractivity contribution is 0.0599. The molecule has 0 saturated carbocycles. The predicted octanol–water partition coefficient (Wildman–Crippen LogP) is 1.51. The van der Waals surface area contributed by atoms with Gasteiger partial charge in [-0.2, -0.15) is 0 Å². The molecule has 0 aliphatic heterocycles. The van der Waals surface area contributed by atoms with E-state index in [1.165, 1.54) is 25.4 Å². The number of esters is 1. The minimum absolute atomic E-state index is 0.0294. The number of halogens is 2. The molecular formula is C9H9F2NO3. The van der Waals surface area contributed by atoms with Gasteiger partial charge < -0.3 is 9.47 Å². The van der Waals surface area contributed by atoms with Gasteiger partial charge in [0.2, 0.25) is 5.88 Å². The molecule has 1 rings (SSSR count). The molecule has 15 heavy (non-hydrogen) atoms. The normalized spacial score (nSPS) is 10.1. The van der Waals surface area contributed by atoms with Crippen LogP contribution in [0.3, 0.4) is 0 Å². The van der Waals surface area contributed by atoms with Crippen molar-refractivity contribution in [1.82, 2.24) is 4.98 Å². The van der Waals surface area contributed by atoms with Gasteiger partial charge >= 0.3 is 5.97 Å². The number of carbonyl (C=O) groups is 1. The highest BCUT2D eigenvalue weighted by Gasteiger charge is 2.08. The second-order valence-electron chi connectivity index (χ2n) is 2.58. The summed E-state index contributed by atoms with van der Waals surface area (Å²) in [5, 5.41) is 0. The molecule has 0 atom stereocenters. The number of hydrogen-bond donors (Lipinski definition) is 0. The molecule has 0 radical (unpaired) electrons. The Bertz CT molecular complexity index is 344. The number of aromatic nitrogens is 1. The number of alkyl halides is 2. The van der Waals surface area contributed by atoms with Crippen molar-refractivity contribution in [2.75, 3.05) is 13.7 Å². The zero-order valence-corrected chi connectivity index (χ0v) is 7.94. The van der Waals surface area contributed by atoms with E-state index in [9.17, 15) is 13.6 Å². The molecule has 1 aromatic rings. The van der Waals surface area contributed by atoms with Crippen molar-refractivity contribution in [3.05, 3.63) is 23.9 Å². The molecular weight excluding hydrogens is 208 g/mol. The summed E-state index contributed by atoms with van der Waals surface area (Å²) in [5.41, 5.74) is 0.205. The monoisotopic (exact) mass is 217 g/mol. The van der Waals surface area contributed by atoms with Crippen LogP contribution in [-0.4, -0.2) is 31.1 Å². The molecule has 0 aromatic carbocycles. The second kappa shape index (κ2) is 5.23. The van der Waals surface area contributed by atoms with E-state index in [4.69, 9.17) is 0 Å². The maximum absolute atomic E-state index is 11.8. The summed E-state index contributed by atoms with van der Waals surface area (Å²) >= 11 is 0. The summed E-state index contributed by atoms with van der Waals surface area (Å²) in [7, 11) is 1.22. The van der Waals surface area contributed by atoms with E-state index in [0.29, 0.717) is 0 Å². The van der Waals surface area contributed by atoms with Crippen LogP contribution in [0.2, 0.25) is 0 Å². The van der Waals surface area contributed by atoms with Gasteiger partial charge in [-0.05, 0) is 6.07 Å². The first-order valence-corrected chi connectivity index (χ1v) is 4.09. The topological polar surface area (TPSA) is 48.4 Å². The highest BCUT2D eigenvalue weighted by molar-refractivity contribution is 5.89. The average molecular weight is 217 g/mol. The van der Waals surface area contributed by atoms with Crippen molar-refractivity contribution in [2.24, 2.45) is 0 Å². The van der Waals surface area contributed by atoms with Crippen LogP contribution in [-0.2, 0) is 4.74 Å². The van der Waals surface area contributed by atoms with Crippen molar-refractivity contribution in [3.8, 4) is 5.88 Å². The number of hydrogen-bond acceptors (Lipinski definition) is 4. The summed E-state index contributed by atoms with van der Waals surface area (Å²) in [6.07, 6.45) is -1.29. The predicted molar refractivity (Wildman–Crippen MR) is 47.1 cm³/mol. The van der Waals surface area contributed by atoms with Crippen LogP contribution in [0.4, 0.5) is 8.78 Å². The third-order valence-corrected chi connectivity index (χ3v) is 1.51. The molecule has 4 nitrogen and oxygen atoms in total. The third-order valence-electron chi connectivity index (χ3n) is 1.51. The molecule has 0 spiro atoms. The number of rotatable bonds is 4. The van der Waals surface area contributed by atoms with Crippen LogP contribution in [0.15, 0.2) is 18.3 Å². The van der Waals surface area contributed by atoms with Gasteiger partial charge in [0.25, 0.3) is 6.43 Å². The van der Waals surface area contributed by atoms with Gasteiger partial charge in [0.15, 0.2) is 6.61 Å². The molecule has 0 fully saturated rings. The molecule has 0 unspecified atom stereocenters. The van der Waals surface area contributed by atoms with Crippen LogP contribution in [0.1, 0.15) is 10.4 Å². The highest BCUT2D eigenvalue weighted by Crippen LogP contribution is 2.11. The molecule has 0 saturated heterocycles. The van der Waals surface area contributed by atoms with Gasteiger partial charge in [-0.3, -0.25) is 0 Å². The minimum Gasteiger partial charge on any atom is -0.472 e. The smallest absolute Gasteiger partial charge is 0.338 e. The molecule has 0 aliphatic carbocycles. The molecule has 82 valence electrons. The first-order chi connectivity index (χ1) is 7.13. The SMILES string of the molecule is COC(=O)c1ccnc(OCC(F)F)c1. The van der Waals surface area contributed by atoms with Gasteiger partial charge in [0.05, 0.1) is 12.7 Å². The van der Waals surface area contributed by atoms with Crippen LogP contribution in [0.5, 0.6) is 5.88 Å². The number of carbonyl (C=O) groups excluding carboxylic acids is 1. The summed E-state index contributed by atoms with van der Waals surface area (Å²) in [6.45, 7) is -0.752. The molecule has 0 N–H and O–H groups in total. The lowest BCUT2D eigenvalue weighted by atomic mass is 10.3. The number of nitrogens with zero attached hydrogens (tertiary/aromatic N) is 1. The van der Waals surface area contributed by atoms with Crippen LogP contribution < -0.4 is 4.74 Å². The first kappa shape index (κ1) is 11.4. The largest absolute Gasteiger partial charge is 0.472 e. The van der Waals surface area contributed by atoms with Crippen molar-refractivity contribution < 1.29 is 23.0 Å². The number of ether oxygens (including phenoxy) is 2. The third kappa shape index (κ3) is 3.49. The van der Waals surface area contributed by atoms with Crippen LogP contribution in [0, 0.1) is 0 Å². The second-order valence-corrected chi connectivity index (χ2v) is 2.58. The lowest BCUT2D eigenvalue weighted by Crippen LogP contribution is -2.09. The molecule has 0 amide bonds. The lowest BCUT2D eigenvalue weighted by Gasteiger charge is -2.05. The Hall–Kier alpha value is -1.72. The molecule has 0 bridgehead atoms. The number of pyridine rings is 1. The summed E-state index contributed by atoms with van der Waals surface area (Å²) in [4.78, 5) is 14.7. The maximum atomic E-state index is 11.8.